The quantitative estimate of drug-likeness (QED) is 0.796. The molecule has 0 unspecified atom stereocenters. The molecule has 1 aromatic rings. The molecule has 0 saturated carbocycles. The molecule has 0 N–H and O–H groups in total. The van der Waals surface area contributed by atoms with Crippen LogP contribution in [-0.2, 0) is 17.6 Å². The number of fused-ring (bicyclic) bond motifs is 1. The molecule has 0 aliphatic heterocycles. The van der Waals surface area contributed by atoms with Gasteiger partial charge >= 0.3 is 5.97 Å². The Morgan fingerprint density at radius 1 is 1.21 bits per heavy atom. The van der Waals surface area contributed by atoms with Crippen LogP contribution in [0.3, 0.4) is 0 Å². The van der Waals surface area contributed by atoms with Crippen molar-refractivity contribution in [1.29, 1.82) is 0 Å². The average molecular weight is 284 g/mol. The monoisotopic (exact) mass is 283 g/mol. The second-order valence-corrected chi connectivity index (χ2v) is 5.13. The molecule has 0 spiro atoms. The highest BCUT2D eigenvalue weighted by Gasteiger charge is 2.13. The maximum atomic E-state index is 11.9. The van der Waals surface area contributed by atoms with Gasteiger partial charge in [-0.2, -0.15) is 0 Å². The fraction of sp³-hybridized carbons (Fsp3) is 0.533. The molecule has 0 radical (unpaired) electrons. The van der Waals surface area contributed by atoms with Gasteiger partial charge in [0.15, 0.2) is 0 Å². The van der Waals surface area contributed by atoms with Crippen molar-refractivity contribution in [2.75, 3.05) is 27.2 Å². The fourth-order valence-electron chi connectivity index (χ4n) is 2.26. The van der Waals surface area contributed by atoms with Gasteiger partial charge < -0.3 is 9.64 Å². The number of nitrogens with zero attached hydrogens (tertiary/aromatic N) is 1. The SMILES string of the molecule is CN(C)CCOC(=O)c1ccc2c(c1)CCCC2.Cl. The summed E-state index contributed by atoms with van der Waals surface area (Å²) in [6, 6.07) is 5.98. The van der Waals surface area contributed by atoms with Crippen LogP contribution in [0.1, 0.15) is 34.3 Å². The van der Waals surface area contributed by atoms with Gasteiger partial charge in [-0.25, -0.2) is 4.79 Å². The van der Waals surface area contributed by atoms with Crippen LogP contribution >= 0.6 is 12.4 Å². The number of likely N-dealkylation sites (N-methyl/N-ethyl adjacent to an activating group) is 1. The van der Waals surface area contributed by atoms with E-state index >= 15 is 0 Å². The van der Waals surface area contributed by atoms with Crippen molar-refractivity contribution in [3.05, 3.63) is 34.9 Å². The molecule has 1 aliphatic carbocycles. The highest BCUT2D eigenvalue weighted by atomic mass is 35.5. The lowest BCUT2D eigenvalue weighted by Gasteiger charge is -2.16. The second kappa shape index (κ2) is 7.51. The minimum Gasteiger partial charge on any atom is -0.461 e. The molecule has 1 aromatic carbocycles. The molecule has 0 heterocycles. The lowest BCUT2D eigenvalue weighted by Crippen LogP contribution is -2.20. The van der Waals surface area contributed by atoms with Crippen LogP contribution < -0.4 is 0 Å². The number of carbonyl (C=O) groups is 1. The van der Waals surface area contributed by atoms with Crippen molar-refractivity contribution < 1.29 is 9.53 Å². The number of rotatable bonds is 4. The van der Waals surface area contributed by atoms with E-state index in [1.54, 1.807) is 0 Å². The van der Waals surface area contributed by atoms with E-state index in [4.69, 9.17) is 4.74 Å². The summed E-state index contributed by atoms with van der Waals surface area (Å²) < 4.78 is 5.25. The molecule has 106 valence electrons. The lowest BCUT2D eigenvalue weighted by atomic mass is 9.90. The molecule has 0 amide bonds. The van der Waals surface area contributed by atoms with E-state index < -0.39 is 0 Å². The molecule has 19 heavy (non-hydrogen) atoms. The minimum atomic E-state index is -0.203. The van der Waals surface area contributed by atoms with Crippen molar-refractivity contribution >= 4 is 18.4 Å². The Balaban J connectivity index is 0.00000180. The van der Waals surface area contributed by atoms with E-state index in [1.165, 1.54) is 24.0 Å². The van der Waals surface area contributed by atoms with Gasteiger partial charge in [0.2, 0.25) is 0 Å². The Morgan fingerprint density at radius 2 is 1.89 bits per heavy atom. The first kappa shape index (κ1) is 16.0. The highest BCUT2D eigenvalue weighted by Crippen LogP contribution is 2.22. The highest BCUT2D eigenvalue weighted by molar-refractivity contribution is 5.89. The molecule has 3 nitrogen and oxygen atoms in total. The zero-order valence-corrected chi connectivity index (χ0v) is 12.5. The number of carbonyl (C=O) groups excluding carboxylic acids is 1. The van der Waals surface area contributed by atoms with Crippen molar-refractivity contribution in [3.63, 3.8) is 0 Å². The Hall–Kier alpha value is -1.06. The molecular formula is C15H22ClNO2. The van der Waals surface area contributed by atoms with Gasteiger partial charge in [-0.15, -0.1) is 12.4 Å². The normalized spacial score (nSPS) is 13.6. The number of hydrogen-bond donors (Lipinski definition) is 0. The molecule has 0 atom stereocenters. The topological polar surface area (TPSA) is 29.5 Å². The standard InChI is InChI=1S/C15H21NO2.ClH/c1-16(2)9-10-18-15(17)14-8-7-12-5-3-4-6-13(12)11-14;/h7-8,11H,3-6,9-10H2,1-2H3;1H. The zero-order chi connectivity index (χ0) is 13.0. The number of ether oxygens (including phenoxy) is 1. The number of aryl methyl sites for hydroxylation is 2. The molecule has 1 aliphatic rings. The summed E-state index contributed by atoms with van der Waals surface area (Å²) in [6.07, 6.45) is 4.73. The van der Waals surface area contributed by atoms with Crippen LogP contribution in [0.4, 0.5) is 0 Å². The predicted molar refractivity (Wildman–Crippen MR) is 79.2 cm³/mol. The average Bonchev–Trinajstić information content (AvgIpc) is 2.37. The second-order valence-electron chi connectivity index (χ2n) is 5.13. The smallest absolute Gasteiger partial charge is 0.338 e. The fourth-order valence-corrected chi connectivity index (χ4v) is 2.26. The summed E-state index contributed by atoms with van der Waals surface area (Å²) >= 11 is 0. The van der Waals surface area contributed by atoms with Gasteiger partial charge in [0, 0.05) is 6.54 Å². The van der Waals surface area contributed by atoms with Crippen LogP contribution in [0.2, 0.25) is 0 Å². The van der Waals surface area contributed by atoms with Crippen molar-refractivity contribution in [1.82, 2.24) is 4.90 Å². The van der Waals surface area contributed by atoms with E-state index in [9.17, 15) is 4.79 Å². The lowest BCUT2D eigenvalue weighted by molar-refractivity contribution is 0.0481. The summed E-state index contributed by atoms with van der Waals surface area (Å²) in [5.74, 6) is -0.203. The third kappa shape index (κ3) is 4.51. The van der Waals surface area contributed by atoms with Gasteiger partial charge in [0.25, 0.3) is 0 Å². The molecule has 0 aromatic heterocycles. The van der Waals surface area contributed by atoms with Crippen LogP contribution in [-0.4, -0.2) is 38.1 Å². The Morgan fingerprint density at radius 3 is 2.58 bits per heavy atom. The van der Waals surface area contributed by atoms with Crippen LogP contribution in [0.25, 0.3) is 0 Å². The number of hydrogen-bond acceptors (Lipinski definition) is 3. The van der Waals surface area contributed by atoms with Crippen LogP contribution in [0.15, 0.2) is 18.2 Å². The van der Waals surface area contributed by atoms with Gasteiger partial charge in [0.1, 0.15) is 6.61 Å². The number of esters is 1. The number of benzene rings is 1. The van der Waals surface area contributed by atoms with Crippen LogP contribution in [0.5, 0.6) is 0 Å². The summed E-state index contributed by atoms with van der Waals surface area (Å²) in [4.78, 5) is 13.9. The maximum Gasteiger partial charge on any atom is 0.338 e. The molecular weight excluding hydrogens is 262 g/mol. The number of halogens is 1. The zero-order valence-electron chi connectivity index (χ0n) is 11.6. The van der Waals surface area contributed by atoms with E-state index in [0.29, 0.717) is 12.2 Å². The molecule has 2 rings (SSSR count). The van der Waals surface area contributed by atoms with E-state index in [0.717, 1.165) is 19.4 Å². The van der Waals surface area contributed by atoms with Crippen molar-refractivity contribution in [2.24, 2.45) is 0 Å². The van der Waals surface area contributed by atoms with Gasteiger partial charge in [-0.3, -0.25) is 0 Å². The van der Waals surface area contributed by atoms with Gasteiger partial charge in [-0.05, 0) is 63.0 Å². The van der Waals surface area contributed by atoms with E-state index in [1.807, 2.05) is 31.1 Å². The first-order chi connectivity index (χ1) is 8.66. The van der Waals surface area contributed by atoms with Gasteiger partial charge in [0.05, 0.1) is 5.56 Å². The first-order valence-corrected chi connectivity index (χ1v) is 6.60. The summed E-state index contributed by atoms with van der Waals surface area (Å²) in [7, 11) is 3.93. The van der Waals surface area contributed by atoms with E-state index in [-0.39, 0.29) is 18.4 Å². The van der Waals surface area contributed by atoms with Crippen LogP contribution in [0, 0.1) is 0 Å². The Kier molecular flexibility index (Phi) is 6.32. The third-order valence-electron chi connectivity index (χ3n) is 3.36. The predicted octanol–water partition coefficient (Wildman–Crippen LogP) is 2.71. The van der Waals surface area contributed by atoms with Gasteiger partial charge in [-0.1, -0.05) is 6.07 Å². The molecule has 0 bridgehead atoms. The largest absolute Gasteiger partial charge is 0.461 e. The summed E-state index contributed by atoms with van der Waals surface area (Å²) in [5, 5.41) is 0. The minimum absolute atomic E-state index is 0. The Bertz CT molecular complexity index is 432. The molecule has 0 saturated heterocycles. The Labute approximate surface area is 121 Å². The molecule has 4 heteroatoms. The third-order valence-corrected chi connectivity index (χ3v) is 3.36. The van der Waals surface area contributed by atoms with E-state index in [2.05, 4.69) is 6.07 Å². The summed E-state index contributed by atoms with van der Waals surface area (Å²) in [5.41, 5.74) is 3.41. The summed E-state index contributed by atoms with van der Waals surface area (Å²) in [6.45, 7) is 1.21. The molecule has 0 fully saturated rings. The van der Waals surface area contributed by atoms with Crippen molar-refractivity contribution in [2.45, 2.75) is 25.7 Å². The maximum absolute atomic E-state index is 11.9. The van der Waals surface area contributed by atoms with Crippen molar-refractivity contribution in [3.8, 4) is 0 Å². The first-order valence-electron chi connectivity index (χ1n) is 6.60.